The Morgan fingerprint density at radius 1 is 1.12 bits per heavy atom. The van der Waals surface area contributed by atoms with Crippen LogP contribution in [0.3, 0.4) is 0 Å². The zero-order chi connectivity index (χ0) is 18.4. The Morgan fingerprint density at radius 2 is 1.92 bits per heavy atom. The Bertz CT molecular complexity index is 877. The van der Waals surface area contributed by atoms with Gasteiger partial charge in [-0.2, -0.15) is 4.52 Å². The number of rotatable bonds is 8. The Hall–Kier alpha value is -3.03. The summed E-state index contributed by atoms with van der Waals surface area (Å²) >= 11 is 0. The molecule has 1 amide bonds. The van der Waals surface area contributed by atoms with Crippen LogP contribution in [0.5, 0.6) is 0 Å². The summed E-state index contributed by atoms with van der Waals surface area (Å²) in [6, 6.07) is 9.16. The van der Waals surface area contributed by atoms with Gasteiger partial charge in [-0.25, -0.2) is 4.39 Å². The molecule has 3 aromatic rings. The summed E-state index contributed by atoms with van der Waals surface area (Å²) in [6.07, 6.45) is 2.67. The van der Waals surface area contributed by atoms with Gasteiger partial charge in [0.1, 0.15) is 11.6 Å². The third-order valence-corrected chi connectivity index (χ3v) is 3.90. The van der Waals surface area contributed by atoms with Crippen molar-refractivity contribution in [3.63, 3.8) is 0 Å². The third-order valence-electron chi connectivity index (χ3n) is 3.90. The van der Waals surface area contributed by atoms with Crippen LogP contribution in [0.2, 0.25) is 0 Å². The largest absolute Gasteiger partial charge is 0.369 e. The molecular weight excluding hydrogens is 335 g/mol. The molecule has 0 bridgehead atoms. The van der Waals surface area contributed by atoms with Crippen molar-refractivity contribution in [2.75, 3.05) is 18.4 Å². The monoisotopic (exact) mass is 356 g/mol. The van der Waals surface area contributed by atoms with E-state index in [1.807, 2.05) is 12.1 Å². The minimum atomic E-state index is -0.370. The first-order chi connectivity index (χ1) is 12.7. The van der Waals surface area contributed by atoms with E-state index in [1.165, 1.54) is 24.3 Å². The zero-order valence-corrected chi connectivity index (χ0v) is 14.6. The molecule has 0 atom stereocenters. The van der Waals surface area contributed by atoms with Crippen LogP contribution in [0.25, 0.3) is 5.65 Å². The molecule has 1 aromatic carbocycles. The lowest BCUT2D eigenvalue weighted by molar-refractivity contribution is 0.0954. The van der Waals surface area contributed by atoms with E-state index in [2.05, 4.69) is 32.9 Å². The molecule has 0 saturated carbocycles. The molecule has 0 aliphatic rings. The highest BCUT2D eigenvalue weighted by Crippen LogP contribution is 2.08. The molecule has 0 aliphatic heterocycles. The number of nitrogens with zero attached hydrogens (tertiary/aromatic N) is 4. The number of nitrogens with one attached hydrogen (secondary N) is 2. The number of aromatic nitrogens is 4. The molecular formula is C18H21FN6O. The standard InChI is InChI=1S/C18H21FN6O/c1-2-3-11-20-15-8-9-16-22-23-17(25(16)24-15)10-12-21-18(26)13-4-6-14(19)7-5-13/h4-9H,2-3,10-12H2,1H3,(H,20,24)(H,21,26). The van der Waals surface area contributed by atoms with Crippen molar-refractivity contribution in [2.45, 2.75) is 26.2 Å². The first-order valence-corrected chi connectivity index (χ1v) is 8.66. The number of amides is 1. The highest BCUT2D eigenvalue weighted by atomic mass is 19.1. The van der Waals surface area contributed by atoms with Gasteiger partial charge < -0.3 is 10.6 Å². The Balaban J connectivity index is 1.60. The zero-order valence-electron chi connectivity index (χ0n) is 14.6. The van der Waals surface area contributed by atoms with Crippen molar-refractivity contribution in [1.82, 2.24) is 25.1 Å². The van der Waals surface area contributed by atoms with Crippen molar-refractivity contribution in [2.24, 2.45) is 0 Å². The maximum Gasteiger partial charge on any atom is 0.251 e. The maximum absolute atomic E-state index is 12.9. The number of carbonyl (C=O) groups is 1. The molecule has 2 heterocycles. The summed E-state index contributed by atoms with van der Waals surface area (Å²) < 4.78 is 14.6. The molecule has 0 saturated heterocycles. The van der Waals surface area contributed by atoms with Crippen molar-refractivity contribution in [1.29, 1.82) is 0 Å². The molecule has 0 fully saturated rings. The van der Waals surface area contributed by atoms with Gasteiger partial charge >= 0.3 is 0 Å². The van der Waals surface area contributed by atoms with E-state index in [4.69, 9.17) is 0 Å². The van der Waals surface area contributed by atoms with Crippen LogP contribution >= 0.6 is 0 Å². The van der Waals surface area contributed by atoms with Gasteiger partial charge in [-0.15, -0.1) is 15.3 Å². The molecule has 2 aromatic heterocycles. The van der Waals surface area contributed by atoms with E-state index >= 15 is 0 Å². The summed E-state index contributed by atoms with van der Waals surface area (Å²) in [6.45, 7) is 3.38. The average Bonchev–Trinajstić information content (AvgIpc) is 3.05. The van der Waals surface area contributed by atoms with Crippen molar-refractivity contribution < 1.29 is 9.18 Å². The average molecular weight is 356 g/mol. The molecule has 2 N–H and O–H groups in total. The Morgan fingerprint density at radius 3 is 2.69 bits per heavy atom. The van der Waals surface area contributed by atoms with E-state index in [0.717, 1.165) is 25.2 Å². The van der Waals surface area contributed by atoms with Gasteiger partial charge in [0.25, 0.3) is 5.91 Å². The van der Waals surface area contributed by atoms with Crippen molar-refractivity contribution in [3.05, 3.63) is 53.6 Å². The summed E-state index contributed by atoms with van der Waals surface area (Å²) in [4.78, 5) is 12.0. The lowest BCUT2D eigenvalue weighted by Gasteiger charge is -2.06. The quantitative estimate of drug-likeness (QED) is 0.606. The first-order valence-electron chi connectivity index (χ1n) is 8.66. The van der Waals surface area contributed by atoms with E-state index in [9.17, 15) is 9.18 Å². The van der Waals surface area contributed by atoms with Crippen LogP contribution in [-0.2, 0) is 6.42 Å². The lowest BCUT2D eigenvalue weighted by atomic mass is 10.2. The van der Waals surface area contributed by atoms with Crippen LogP contribution in [0.15, 0.2) is 36.4 Å². The van der Waals surface area contributed by atoms with E-state index in [-0.39, 0.29) is 11.7 Å². The minimum Gasteiger partial charge on any atom is -0.369 e. The van der Waals surface area contributed by atoms with Gasteiger partial charge in [0.05, 0.1) is 0 Å². The molecule has 136 valence electrons. The highest BCUT2D eigenvalue weighted by molar-refractivity contribution is 5.94. The molecule has 7 nitrogen and oxygen atoms in total. The Kier molecular flexibility index (Phi) is 5.73. The van der Waals surface area contributed by atoms with Crippen molar-refractivity contribution in [3.8, 4) is 0 Å². The number of halogens is 1. The molecule has 0 radical (unpaired) electrons. The minimum absolute atomic E-state index is 0.256. The Labute approximate surface area is 150 Å². The fraction of sp³-hybridized carbons (Fsp3) is 0.333. The molecule has 8 heteroatoms. The normalized spacial score (nSPS) is 10.8. The van der Waals surface area contributed by atoms with E-state index < -0.39 is 0 Å². The second-order valence-electron chi connectivity index (χ2n) is 5.90. The van der Waals surface area contributed by atoms with Crippen LogP contribution < -0.4 is 10.6 Å². The van der Waals surface area contributed by atoms with Crippen molar-refractivity contribution >= 4 is 17.4 Å². The van der Waals surface area contributed by atoms with Gasteiger partial charge in [-0.05, 0) is 42.8 Å². The first kappa shape index (κ1) is 17.8. The van der Waals surface area contributed by atoms with E-state index in [1.54, 1.807) is 4.52 Å². The topological polar surface area (TPSA) is 84.2 Å². The van der Waals surface area contributed by atoms with Crippen LogP contribution in [0.4, 0.5) is 10.2 Å². The fourth-order valence-corrected chi connectivity index (χ4v) is 2.47. The summed E-state index contributed by atoms with van der Waals surface area (Å²) in [5.41, 5.74) is 1.07. The smallest absolute Gasteiger partial charge is 0.251 e. The lowest BCUT2D eigenvalue weighted by Crippen LogP contribution is -2.26. The number of hydrogen-bond acceptors (Lipinski definition) is 5. The van der Waals surface area contributed by atoms with Gasteiger partial charge in [0.15, 0.2) is 11.5 Å². The van der Waals surface area contributed by atoms with E-state index in [0.29, 0.717) is 30.0 Å². The summed E-state index contributed by atoms with van der Waals surface area (Å²) in [7, 11) is 0. The van der Waals surface area contributed by atoms with Crippen LogP contribution in [0, 0.1) is 5.82 Å². The van der Waals surface area contributed by atoms with Gasteiger partial charge in [0, 0.05) is 25.1 Å². The number of unbranched alkanes of at least 4 members (excludes halogenated alkanes) is 1. The molecule has 3 rings (SSSR count). The second-order valence-corrected chi connectivity index (χ2v) is 5.90. The molecule has 0 aliphatic carbocycles. The van der Waals surface area contributed by atoms with Gasteiger partial charge in [-0.1, -0.05) is 13.3 Å². The number of carbonyl (C=O) groups excluding carboxylic acids is 1. The maximum atomic E-state index is 12.9. The number of hydrogen-bond donors (Lipinski definition) is 2. The highest BCUT2D eigenvalue weighted by Gasteiger charge is 2.09. The predicted octanol–water partition coefficient (Wildman–Crippen LogP) is 2.45. The van der Waals surface area contributed by atoms with Gasteiger partial charge in [0.2, 0.25) is 0 Å². The number of anilines is 1. The van der Waals surface area contributed by atoms with Gasteiger partial charge in [-0.3, -0.25) is 4.79 Å². The second kappa shape index (κ2) is 8.37. The number of benzene rings is 1. The predicted molar refractivity (Wildman–Crippen MR) is 96.6 cm³/mol. The third kappa shape index (κ3) is 4.33. The SMILES string of the molecule is CCCCNc1ccc2nnc(CCNC(=O)c3ccc(F)cc3)n2n1. The van der Waals surface area contributed by atoms with Crippen LogP contribution in [-0.4, -0.2) is 38.8 Å². The summed E-state index contributed by atoms with van der Waals surface area (Å²) in [5, 5.41) is 18.8. The molecule has 0 spiro atoms. The molecule has 0 unspecified atom stereocenters. The van der Waals surface area contributed by atoms with Crippen LogP contribution in [0.1, 0.15) is 35.9 Å². The molecule has 26 heavy (non-hydrogen) atoms. The fourth-order valence-electron chi connectivity index (χ4n) is 2.47. The number of fused-ring (bicyclic) bond motifs is 1. The summed E-state index contributed by atoms with van der Waals surface area (Å²) in [5.74, 6) is 0.806.